The van der Waals surface area contributed by atoms with E-state index >= 15 is 0 Å². The predicted octanol–water partition coefficient (Wildman–Crippen LogP) is 2.27. The molecule has 0 amide bonds. The van der Waals surface area contributed by atoms with Crippen molar-refractivity contribution in [1.29, 1.82) is 0 Å². The van der Waals surface area contributed by atoms with Crippen LogP contribution in [0.3, 0.4) is 0 Å². The molecule has 0 saturated carbocycles. The molecule has 2 fully saturated rings. The van der Waals surface area contributed by atoms with Gasteiger partial charge >= 0.3 is 0 Å². The number of rotatable bonds is 3. The van der Waals surface area contributed by atoms with E-state index in [0.717, 1.165) is 42.3 Å². The summed E-state index contributed by atoms with van der Waals surface area (Å²) >= 11 is 0. The number of anilines is 2. The summed E-state index contributed by atoms with van der Waals surface area (Å²) in [7, 11) is 0. The highest BCUT2D eigenvalue weighted by Crippen LogP contribution is 2.27. The van der Waals surface area contributed by atoms with Crippen LogP contribution in [-0.2, 0) is 9.47 Å². The van der Waals surface area contributed by atoms with Crippen molar-refractivity contribution in [2.24, 2.45) is 0 Å². The molecule has 2 aliphatic heterocycles. The predicted molar refractivity (Wildman–Crippen MR) is 112 cm³/mol. The van der Waals surface area contributed by atoms with Gasteiger partial charge in [-0.3, -0.25) is 4.57 Å². The number of morpholine rings is 2. The molecule has 2 saturated heterocycles. The third-order valence-electron chi connectivity index (χ3n) is 5.87. The van der Waals surface area contributed by atoms with E-state index in [1.54, 1.807) is 6.33 Å². The largest absolute Gasteiger partial charge is 0.378 e. The summed E-state index contributed by atoms with van der Waals surface area (Å²) in [6, 6.07) is 10.4. The second-order valence-corrected chi connectivity index (χ2v) is 7.60. The zero-order valence-electron chi connectivity index (χ0n) is 16.9. The van der Waals surface area contributed by atoms with Crippen molar-refractivity contribution in [2.75, 3.05) is 49.3 Å². The molecule has 0 bridgehead atoms. The fourth-order valence-electron chi connectivity index (χ4n) is 3.99. The van der Waals surface area contributed by atoms with E-state index in [0.29, 0.717) is 25.8 Å². The van der Waals surface area contributed by atoms with Gasteiger partial charge in [-0.15, -0.1) is 0 Å². The van der Waals surface area contributed by atoms with Crippen LogP contribution < -0.4 is 9.80 Å². The molecule has 5 rings (SSSR count). The van der Waals surface area contributed by atoms with Crippen LogP contribution >= 0.6 is 0 Å². The molecule has 8 heteroatoms. The quantitative estimate of drug-likeness (QED) is 0.675. The Morgan fingerprint density at radius 1 is 0.966 bits per heavy atom. The standard InChI is InChI=1S/C21H26N6O2/c1-15-16(2)29-12-9-26(15)20-13-19(25-7-10-28-11-8-25)23-21(24-20)27-14-22-17-5-3-4-6-18(17)27/h3-6,13-16H,7-12H2,1-2H3. The number of para-hydroxylation sites is 2. The van der Waals surface area contributed by atoms with Crippen molar-refractivity contribution >= 4 is 22.7 Å². The molecule has 0 spiro atoms. The van der Waals surface area contributed by atoms with E-state index in [9.17, 15) is 0 Å². The Labute approximate surface area is 170 Å². The Balaban J connectivity index is 1.62. The summed E-state index contributed by atoms with van der Waals surface area (Å²) in [5.41, 5.74) is 1.93. The molecular formula is C21H26N6O2. The summed E-state index contributed by atoms with van der Waals surface area (Å²) in [6.07, 6.45) is 1.96. The first-order valence-electron chi connectivity index (χ1n) is 10.2. The Hall–Kier alpha value is -2.71. The molecule has 4 heterocycles. The van der Waals surface area contributed by atoms with Gasteiger partial charge in [-0.25, -0.2) is 4.98 Å². The summed E-state index contributed by atoms with van der Waals surface area (Å²) in [5.74, 6) is 2.50. The van der Waals surface area contributed by atoms with Gasteiger partial charge in [-0.2, -0.15) is 9.97 Å². The first-order valence-corrected chi connectivity index (χ1v) is 10.2. The van der Waals surface area contributed by atoms with Gasteiger partial charge in [0, 0.05) is 25.7 Å². The minimum atomic E-state index is 0.156. The molecule has 8 nitrogen and oxygen atoms in total. The number of fused-ring (bicyclic) bond motifs is 1. The third-order valence-corrected chi connectivity index (χ3v) is 5.87. The Morgan fingerprint density at radius 2 is 1.76 bits per heavy atom. The molecule has 0 aliphatic carbocycles. The molecule has 2 unspecified atom stereocenters. The van der Waals surface area contributed by atoms with Crippen LogP contribution in [0.4, 0.5) is 11.6 Å². The van der Waals surface area contributed by atoms with Gasteiger partial charge in [0.05, 0.1) is 43.0 Å². The number of hydrogen-bond acceptors (Lipinski definition) is 7. The van der Waals surface area contributed by atoms with Crippen LogP contribution in [-0.4, -0.2) is 71.1 Å². The first kappa shape index (κ1) is 18.3. The van der Waals surface area contributed by atoms with Crippen LogP contribution in [0.2, 0.25) is 0 Å². The summed E-state index contributed by atoms with van der Waals surface area (Å²) in [4.78, 5) is 19.0. The lowest BCUT2D eigenvalue weighted by Crippen LogP contribution is -2.49. The fraction of sp³-hybridized carbons (Fsp3) is 0.476. The molecule has 0 N–H and O–H groups in total. The van der Waals surface area contributed by atoms with Crippen LogP contribution in [0.15, 0.2) is 36.7 Å². The van der Waals surface area contributed by atoms with Crippen LogP contribution in [0, 0.1) is 0 Å². The van der Waals surface area contributed by atoms with Gasteiger partial charge in [0.1, 0.15) is 18.0 Å². The molecule has 0 radical (unpaired) electrons. The fourth-order valence-corrected chi connectivity index (χ4v) is 3.99. The Kier molecular flexibility index (Phi) is 4.81. The highest BCUT2D eigenvalue weighted by molar-refractivity contribution is 5.76. The van der Waals surface area contributed by atoms with Gasteiger partial charge in [0.15, 0.2) is 0 Å². The van der Waals surface area contributed by atoms with E-state index < -0.39 is 0 Å². The highest BCUT2D eigenvalue weighted by Gasteiger charge is 2.28. The van der Waals surface area contributed by atoms with Gasteiger partial charge in [0.2, 0.25) is 5.95 Å². The second-order valence-electron chi connectivity index (χ2n) is 7.60. The smallest absolute Gasteiger partial charge is 0.239 e. The molecule has 2 atom stereocenters. The zero-order valence-corrected chi connectivity index (χ0v) is 16.9. The zero-order chi connectivity index (χ0) is 19.8. The van der Waals surface area contributed by atoms with Crippen molar-refractivity contribution in [3.63, 3.8) is 0 Å². The number of ether oxygens (including phenoxy) is 2. The summed E-state index contributed by atoms with van der Waals surface area (Å²) in [5, 5.41) is 0. The number of hydrogen-bond donors (Lipinski definition) is 0. The molecular weight excluding hydrogens is 368 g/mol. The third kappa shape index (κ3) is 3.42. The second kappa shape index (κ2) is 7.61. The first-order chi connectivity index (χ1) is 14.2. The van der Waals surface area contributed by atoms with Crippen molar-refractivity contribution in [1.82, 2.24) is 19.5 Å². The van der Waals surface area contributed by atoms with Gasteiger partial charge in [-0.1, -0.05) is 12.1 Å². The van der Waals surface area contributed by atoms with Crippen molar-refractivity contribution in [2.45, 2.75) is 26.0 Å². The van der Waals surface area contributed by atoms with Crippen molar-refractivity contribution in [3.05, 3.63) is 36.7 Å². The monoisotopic (exact) mass is 394 g/mol. The lowest BCUT2D eigenvalue weighted by atomic mass is 10.1. The van der Waals surface area contributed by atoms with E-state index in [1.165, 1.54) is 0 Å². The van der Waals surface area contributed by atoms with Gasteiger partial charge in [0.25, 0.3) is 0 Å². The summed E-state index contributed by atoms with van der Waals surface area (Å²) in [6.45, 7) is 8.91. The molecule has 152 valence electrons. The summed E-state index contributed by atoms with van der Waals surface area (Å²) < 4.78 is 13.3. The maximum absolute atomic E-state index is 5.82. The SMILES string of the molecule is CC1OCCN(c2cc(N3CCOCC3)nc(-n3cnc4ccccc43)n2)C1C. The van der Waals surface area contributed by atoms with E-state index in [2.05, 4.69) is 34.7 Å². The number of nitrogens with zero attached hydrogens (tertiary/aromatic N) is 6. The molecule has 1 aromatic carbocycles. The van der Waals surface area contributed by atoms with E-state index in [1.807, 2.05) is 28.8 Å². The molecule has 2 aliphatic rings. The topological polar surface area (TPSA) is 68.5 Å². The minimum Gasteiger partial charge on any atom is -0.378 e. The van der Waals surface area contributed by atoms with Gasteiger partial charge < -0.3 is 19.3 Å². The Bertz CT molecular complexity index is 1000. The number of aromatic nitrogens is 4. The normalized spacial score (nSPS) is 23.0. The number of benzene rings is 1. The lowest BCUT2D eigenvalue weighted by molar-refractivity contribution is 0.0281. The number of imidazole rings is 1. The maximum Gasteiger partial charge on any atom is 0.239 e. The highest BCUT2D eigenvalue weighted by atomic mass is 16.5. The van der Waals surface area contributed by atoms with Crippen LogP contribution in [0.25, 0.3) is 17.0 Å². The Morgan fingerprint density at radius 3 is 2.62 bits per heavy atom. The van der Waals surface area contributed by atoms with Gasteiger partial charge in [-0.05, 0) is 26.0 Å². The minimum absolute atomic E-state index is 0.156. The molecule has 2 aromatic heterocycles. The van der Waals surface area contributed by atoms with Crippen molar-refractivity contribution < 1.29 is 9.47 Å². The maximum atomic E-state index is 5.82. The molecule has 29 heavy (non-hydrogen) atoms. The van der Waals surface area contributed by atoms with Crippen molar-refractivity contribution in [3.8, 4) is 5.95 Å². The average Bonchev–Trinajstić information content (AvgIpc) is 3.20. The van der Waals surface area contributed by atoms with E-state index in [-0.39, 0.29) is 12.1 Å². The van der Waals surface area contributed by atoms with Crippen LogP contribution in [0.5, 0.6) is 0 Å². The molecule has 3 aromatic rings. The average molecular weight is 394 g/mol. The van der Waals surface area contributed by atoms with Crippen LogP contribution in [0.1, 0.15) is 13.8 Å². The van der Waals surface area contributed by atoms with E-state index in [4.69, 9.17) is 19.4 Å². The lowest BCUT2D eigenvalue weighted by Gasteiger charge is -2.39.